The number of hydrogen-bond acceptors (Lipinski definition) is 5. The van der Waals surface area contributed by atoms with Crippen LogP contribution in [0.4, 0.5) is 0 Å². The van der Waals surface area contributed by atoms with E-state index in [-0.39, 0.29) is 23.6 Å². The summed E-state index contributed by atoms with van der Waals surface area (Å²) in [6, 6.07) is 0. The van der Waals surface area contributed by atoms with E-state index < -0.39 is 9.84 Å². The molecule has 0 unspecified atom stereocenters. The van der Waals surface area contributed by atoms with E-state index in [1.54, 1.807) is 0 Å². The third-order valence-electron chi connectivity index (χ3n) is 4.96. The Balaban J connectivity index is 1.98. The Hall–Kier alpha value is -0.660. The largest absolute Gasteiger partial charge is 0.340 e. The first-order valence-corrected chi connectivity index (χ1v) is 9.63. The van der Waals surface area contributed by atoms with Gasteiger partial charge < -0.3 is 9.80 Å². The lowest BCUT2D eigenvalue weighted by Gasteiger charge is -2.52. The summed E-state index contributed by atoms with van der Waals surface area (Å²) in [5.41, 5.74) is 0.0749. The Bertz CT molecular complexity index is 484. The highest BCUT2D eigenvalue weighted by molar-refractivity contribution is 7.90. The van der Waals surface area contributed by atoms with E-state index in [0.717, 1.165) is 39.0 Å². The molecule has 0 bridgehead atoms. The van der Waals surface area contributed by atoms with Crippen LogP contribution in [0.2, 0.25) is 0 Å². The molecule has 0 aliphatic carbocycles. The zero-order chi connectivity index (χ0) is 15.7. The highest BCUT2D eigenvalue weighted by Gasteiger charge is 2.42. The van der Waals surface area contributed by atoms with Gasteiger partial charge in [0.2, 0.25) is 5.91 Å². The standard InChI is InChI=1S/C14H27N3O3S/c1-15-7-5-14(6-8-15)12-17(10-9-16(14)2)13(18)4-11-21(3,19)20/h4-12H2,1-3H3. The van der Waals surface area contributed by atoms with Gasteiger partial charge in [-0.05, 0) is 40.0 Å². The predicted octanol–water partition coefficient (Wildman–Crippen LogP) is -0.340. The smallest absolute Gasteiger partial charge is 0.223 e. The minimum Gasteiger partial charge on any atom is -0.340 e. The van der Waals surface area contributed by atoms with Crippen molar-refractivity contribution in [1.82, 2.24) is 14.7 Å². The van der Waals surface area contributed by atoms with Crippen LogP contribution in [0.1, 0.15) is 19.3 Å². The number of rotatable bonds is 3. The zero-order valence-corrected chi connectivity index (χ0v) is 14.2. The lowest BCUT2D eigenvalue weighted by atomic mass is 9.84. The van der Waals surface area contributed by atoms with Gasteiger partial charge in [-0.1, -0.05) is 0 Å². The molecular formula is C14H27N3O3S. The van der Waals surface area contributed by atoms with Gasteiger partial charge in [0.05, 0.1) is 5.75 Å². The van der Waals surface area contributed by atoms with Gasteiger partial charge in [-0.25, -0.2) is 8.42 Å². The van der Waals surface area contributed by atoms with E-state index in [9.17, 15) is 13.2 Å². The first-order chi connectivity index (χ1) is 9.72. The molecule has 2 saturated heterocycles. The number of carbonyl (C=O) groups excluding carboxylic acids is 1. The summed E-state index contributed by atoms with van der Waals surface area (Å²) in [5, 5.41) is 0. The van der Waals surface area contributed by atoms with E-state index in [0.29, 0.717) is 6.54 Å². The summed E-state index contributed by atoms with van der Waals surface area (Å²) >= 11 is 0. The Labute approximate surface area is 128 Å². The van der Waals surface area contributed by atoms with Crippen molar-refractivity contribution in [2.24, 2.45) is 0 Å². The van der Waals surface area contributed by atoms with Crippen LogP contribution in [0.15, 0.2) is 0 Å². The molecule has 0 aromatic heterocycles. The van der Waals surface area contributed by atoms with E-state index in [2.05, 4.69) is 23.9 Å². The highest BCUT2D eigenvalue weighted by atomic mass is 32.2. The second-order valence-electron chi connectivity index (χ2n) is 6.64. The van der Waals surface area contributed by atoms with Crippen molar-refractivity contribution < 1.29 is 13.2 Å². The Kier molecular flexibility index (Phi) is 4.95. The van der Waals surface area contributed by atoms with E-state index in [1.807, 2.05) is 4.90 Å². The molecule has 7 heteroatoms. The van der Waals surface area contributed by atoms with Gasteiger partial charge in [0.1, 0.15) is 9.84 Å². The number of piperidine rings is 1. The van der Waals surface area contributed by atoms with Crippen molar-refractivity contribution in [3.8, 4) is 0 Å². The fourth-order valence-electron chi connectivity index (χ4n) is 3.28. The normalized spacial score (nSPS) is 24.4. The molecular weight excluding hydrogens is 290 g/mol. The average Bonchev–Trinajstić information content (AvgIpc) is 2.41. The highest BCUT2D eigenvalue weighted by Crippen LogP contribution is 2.31. The number of hydrogen-bond donors (Lipinski definition) is 0. The molecule has 122 valence electrons. The minimum atomic E-state index is -3.07. The van der Waals surface area contributed by atoms with Crippen LogP contribution in [0.5, 0.6) is 0 Å². The molecule has 6 nitrogen and oxygen atoms in total. The van der Waals surface area contributed by atoms with Crippen molar-refractivity contribution in [2.75, 3.05) is 58.8 Å². The van der Waals surface area contributed by atoms with Crippen LogP contribution in [0, 0.1) is 0 Å². The molecule has 0 N–H and O–H groups in total. The third kappa shape index (κ3) is 4.17. The number of amides is 1. The maximum absolute atomic E-state index is 12.3. The number of piperazine rings is 1. The van der Waals surface area contributed by atoms with Gasteiger partial charge in [0.15, 0.2) is 0 Å². The number of nitrogens with zero attached hydrogens (tertiary/aromatic N) is 3. The molecule has 1 spiro atoms. The van der Waals surface area contributed by atoms with Gasteiger partial charge >= 0.3 is 0 Å². The Morgan fingerprint density at radius 1 is 1.10 bits per heavy atom. The van der Waals surface area contributed by atoms with Crippen LogP contribution >= 0.6 is 0 Å². The van der Waals surface area contributed by atoms with Crippen molar-refractivity contribution >= 4 is 15.7 Å². The van der Waals surface area contributed by atoms with Gasteiger partial charge in [0, 0.05) is 37.8 Å². The monoisotopic (exact) mass is 317 g/mol. The van der Waals surface area contributed by atoms with Crippen molar-refractivity contribution in [2.45, 2.75) is 24.8 Å². The summed E-state index contributed by atoms with van der Waals surface area (Å²) in [7, 11) is 1.20. The summed E-state index contributed by atoms with van der Waals surface area (Å²) in [6.07, 6.45) is 3.42. The van der Waals surface area contributed by atoms with Gasteiger partial charge in [0.25, 0.3) is 0 Å². The fourth-order valence-corrected chi connectivity index (χ4v) is 3.83. The first kappa shape index (κ1) is 16.7. The van der Waals surface area contributed by atoms with Crippen molar-refractivity contribution in [3.05, 3.63) is 0 Å². The van der Waals surface area contributed by atoms with E-state index >= 15 is 0 Å². The van der Waals surface area contributed by atoms with Gasteiger partial charge in [-0.2, -0.15) is 0 Å². The lowest BCUT2D eigenvalue weighted by Crippen LogP contribution is -2.65. The average molecular weight is 317 g/mol. The van der Waals surface area contributed by atoms with E-state index in [1.165, 1.54) is 6.26 Å². The Morgan fingerprint density at radius 3 is 2.29 bits per heavy atom. The number of likely N-dealkylation sites (N-methyl/N-ethyl adjacent to an activating group) is 1. The first-order valence-electron chi connectivity index (χ1n) is 7.57. The molecule has 1 amide bonds. The van der Waals surface area contributed by atoms with Gasteiger partial charge in [-0.15, -0.1) is 0 Å². The molecule has 0 saturated carbocycles. The summed E-state index contributed by atoms with van der Waals surface area (Å²) in [5.74, 6) is -0.0692. The molecule has 0 atom stereocenters. The molecule has 0 aromatic carbocycles. The van der Waals surface area contributed by atoms with E-state index in [4.69, 9.17) is 0 Å². The second kappa shape index (κ2) is 6.22. The molecule has 2 fully saturated rings. The van der Waals surface area contributed by atoms with Crippen LogP contribution in [-0.4, -0.2) is 93.4 Å². The Morgan fingerprint density at radius 2 is 1.71 bits per heavy atom. The van der Waals surface area contributed by atoms with Crippen molar-refractivity contribution in [1.29, 1.82) is 0 Å². The molecule has 0 radical (unpaired) electrons. The second-order valence-corrected chi connectivity index (χ2v) is 8.90. The predicted molar refractivity (Wildman–Crippen MR) is 83.0 cm³/mol. The molecule has 2 aliphatic rings. The number of carbonyl (C=O) groups is 1. The van der Waals surface area contributed by atoms with Crippen LogP contribution in [0.25, 0.3) is 0 Å². The lowest BCUT2D eigenvalue weighted by molar-refractivity contribution is -0.137. The molecule has 2 heterocycles. The van der Waals surface area contributed by atoms with Crippen LogP contribution < -0.4 is 0 Å². The molecule has 21 heavy (non-hydrogen) atoms. The quantitative estimate of drug-likeness (QED) is 0.713. The molecule has 0 aromatic rings. The minimum absolute atomic E-state index is 0.0215. The maximum Gasteiger partial charge on any atom is 0.223 e. The molecule has 2 aliphatic heterocycles. The third-order valence-corrected chi connectivity index (χ3v) is 5.90. The number of likely N-dealkylation sites (tertiary alicyclic amines) is 1. The number of sulfone groups is 1. The topological polar surface area (TPSA) is 60.9 Å². The SMILES string of the molecule is CN1CCC2(CC1)CN(C(=O)CCS(C)(=O)=O)CCN2C. The maximum atomic E-state index is 12.3. The summed E-state index contributed by atoms with van der Waals surface area (Å²) in [6.45, 7) is 4.41. The van der Waals surface area contributed by atoms with Crippen LogP contribution in [0.3, 0.4) is 0 Å². The van der Waals surface area contributed by atoms with Crippen molar-refractivity contribution in [3.63, 3.8) is 0 Å². The van der Waals surface area contributed by atoms with Gasteiger partial charge in [-0.3, -0.25) is 9.69 Å². The fraction of sp³-hybridized carbons (Fsp3) is 0.929. The summed E-state index contributed by atoms with van der Waals surface area (Å²) in [4.78, 5) is 18.9. The molecule has 2 rings (SSSR count). The van der Waals surface area contributed by atoms with Crippen LogP contribution in [-0.2, 0) is 14.6 Å². The zero-order valence-electron chi connectivity index (χ0n) is 13.3. The summed E-state index contributed by atoms with van der Waals surface area (Å²) < 4.78 is 22.4.